The maximum atomic E-state index is 5.91. The molecule has 0 bridgehead atoms. The number of nitrogens with zero attached hydrogens (tertiary/aromatic N) is 1. The first-order valence-corrected chi connectivity index (χ1v) is 6.45. The van der Waals surface area contributed by atoms with Crippen molar-refractivity contribution in [2.45, 2.75) is 58.0 Å². The Morgan fingerprint density at radius 2 is 2.25 bits per heavy atom. The van der Waals surface area contributed by atoms with Crippen molar-refractivity contribution < 1.29 is 4.74 Å². The van der Waals surface area contributed by atoms with Crippen LogP contribution in [0.2, 0.25) is 0 Å². The molecule has 4 heteroatoms. The van der Waals surface area contributed by atoms with Crippen molar-refractivity contribution in [3.63, 3.8) is 0 Å². The van der Waals surface area contributed by atoms with Gasteiger partial charge < -0.3 is 15.8 Å². The normalized spacial score (nSPS) is 24.2. The number of ether oxygens (including phenoxy) is 1. The first kappa shape index (κ1) is 13.3. The van der Waals surface area contributed by atoms with Gasteiger partial charge in [0.05, 0.1) is 6.04 Å². The topological polar surface area (TPSA) is 59.6 Å². The fraction of sp³-hybridized carbons (Fsp3) is 0.917. The van der Waals surface area contributed by atoms with Crippen LogP contribution in [-0.4, -0.2) is 31.3 Å². The molecule has 3 N–H and O–H groups in total. The van der Waals surface area contributed by atoms with Crippen LogP contribution in [0.4, 0.5) is 0 Å². The maximum Gasteiger partial charge on any atom is 0.285 e. The van der Waals surface area contributed by atoms with Crippen LogP contribution < -0.4 is 11.1 Å². The van der Waals surface area contributed by atoms with Crippen molar-refractivity contribution in [1.29, 1.82) is 0 Å². The molecular weight excluding hydrogens is 202 g/mol. The van der Waals surface area contributed by atoms with Gasteiger partial charge >= 0.3 is 0 Å². The average Bonchev–Trinajstić information content (AvgIpc) is 2.67. The fourth-order valence-corrected chi connectivity index (χ4v) is 1.88. The highest BCUT2D eigenvalue weighted by Crippen LogP contribution is 2.05. The number of rotatable bonds is 7. The van der Waals surface area contributed by atoms with Gasteiger partial charge in [-0.3, -0.25) is 0 Å². The minimum Gasteiger partial charge on any atom is -0.463 e. The Hall–Kier alpha value is -0.770. The summed E-state index contributed by atoms with van der Waals surface area (Å²) in [5, 5.41) is 3.28. The van der Waals surface area contributed by atoms with Gasteiger partial charge in [-0.1, -0.05) is 26.7 Å². The number of aliphatic imine (C=N–C) groups is 1. The zero-order valence-corrected chi connectivity index (χ0v) is 10.5. The highest BCUT2D eigenvalue weighted by Gasteiger charge is 2.19. The monoisotopic (exact) mass is 227 g/mol. The number of hydrogen-bond donors (Lipinski definition) is 2. The van der Waals surface area contributed by atoms with Crippen molar-refractivity contribution in [2.75, 3.05) is 13.2 Å². The zero-order valence-electron chi connectivity index (χ0n) is 10.5. The van der Waals surface area contributed by atoms with Gasteiger partial charge in [0.2, 0.25) is 0 Å². The second-order valence-electron chi connectivity index (χ2n) is 4.47. The molecule has 1 heterocycles. The van der Waals surface area contributed by atoms with Gasteiger partial charge in [-0.15, -0.1) is 0 Å². The SMILES string of the molecule is CCCC(N)CCN=C1NC(CCC)CO1. The zero-order chi connectivity index (χ0) is 11.8. The molecule has 4 nitrogen and oxygen atoms in total. The molecule has 0 aromatic rings. The first-order valence-electron chi connectivity index (χ1n) is 6.45. The fourth-order valence-electron chi connectivity index (χ4n) is 1.88. The van der Waals surface area contributed by atoms with Gasteiger partial charge in [-0.2, -0.15) is 0 Å². The summed E-state index contributed by atoms with van der Waals surface area (Å²) in [6.07, 6.45) is 5.49. The van der Waals surface area contributed by atoms with E-state index in [4.69, 9.17) is 10.5 Å². The molecule has 1 saturated heterocycles. The lowest BCUT2D eigenvalue weighted by atomic mass is 10.1. The second kappa shape index (κ2) is 7.49. The molecule has 0 aliphatic carbocycles. The molecule has 94 valence electrons. The third-order valence-corrected chi connectivity index (χ3v) is 2.80. The Labute approximate surface area is 98.6 Å². The number of nitrogens with one attached hydrogen (secondary N) is 1. The van der Waals surface area contributed by atoms with Crippen molar-refractivity contribution in [3.8, 4) is 0 Å². The van der Waals surface area contributed by atoms with Gasteiger partial charge in [0.25, 0.3) is 6.02 Å². The molecule has 0 aromatic carbocycles. The molecule has 0 spiro atoms. The number of amidine groups is 1. The van der Waals surface area contributed by atoms with E-state index in [9.17, 15) is 0 Å². The van der Waals surface area contributed by atoms with Crippen LogP contribution >= 0.6 is 0 Å². The van der Waals surface area contributed by atoms with Crippen LogP contribution in [0.3, 0.4) is 0 Å². The molecular formula is C12H25N3O. The van der Waals surface area contributed by atoms with Gasteiger partial charge in [0.1, 0.15) is 6.61 Å². The van der Waals surface area contributed by atoms with Crippen molar-refractivity contribution in [1.82, 2.24) is 5.32 Å². The lowest BCUT2D eigenvalue weighted by Crippen LogP contribution is -2.27. The molecule has 1 aliphatic heterocycles. The summed E-state index contributed by atoms with van der Waals surface area (Å²) >= 11 is 0. The molecule has 1 rings (SSSR count). The molecule has 1 aliphatic rings. The summed E-state index contributed by atoms with van der Waals surface area (Å²) in [5.74, 6) is 0. The molecule has 2 atom stereocenters. The average molecular weight is 227 g/mol. The summed E-state index contributed by atoms with van der Waals surface area (Å²) in [7, 11) is 0. The van der Waals surface area contributed by atoms with E-state index < -0.39 is 0 Å². The highest BCUT2D eigenvalue weighted by atomic mass is 16.5. The predicted octanol–water partition coefficient (Wildman–Crippen LogP) is 1.65. The molecule has 2 unspecified atom stereocenters. The van der Waals surface area contributed by atoms with Crippen LogP contribution in [-0.2, 0) is 4.74 Å². The smallest absolute Gasteiger partial charge is 0.285 e. The Kier molecular flexibility index (Phi) is 6.23. The minimum absolute atomic E-state index is 0.280. The number of nitrogens with two attached hydrogens (primary N) is 1. The molecule has 0 aromatic heterocycles. The van der Waals surface area contributed by atoms with Crippen LogP contribution in [0.15, 0.2) is 4.99 Å². The van der Waals surface area contributed by atoms with E-state index in [2.05, 4.69) is 24.2 Å². The van der Waals surface area contributed by atoms with Gasteiger partial charge in [0, 0.05) is 12.6 Å². The quantitative estimate of drug-likeness (QED) is 0.695. The van der Waals surface area contributed by atoms with Gasteiger partial charge in [-0.25, -0.2) is 4.99 Å². The minimum atomic E-state index is 0.280. The molecule has 0 amide bonds. The van der Waals surface area contributed by atoms with Crippen LogP contribution in [0.5, 0.6) is 0 Å². The van der Waals surface area contributed by atoms with Gasteiger partial charge in [-0.05, 0) is 19.3 Å². The predicted molar refractivity (Wildman–Crippen MR) is 67.6 cm³/mol. The molecule has 16 heavy (non-hydrogen) atoms. The molecule has 0 radical (unpaired) electrons. The second-order valence-corrected chi connectivity index (χ2v) is 4.47. The highest BCUT2D eigenvalue weighted by molar-refractivity contribution is 5.75. The van der Waals surface area contributed by atoms with Crippen molar-refractivity contribution >= 4 is 6.02 Å². The van der Waals surface area contributed by atoms with Crippen LogP contribution in [0, 0.1) is 0 Å². The Bertz CT molecular complexity index is 218. The Morgan fingerprint density at radius 1 is 1.44 bits per heavy atom. The van der Waals surface area contributed by atoms with Gasteiger partial charge in [0.15, 0.2) is 0 Å². The summed E-state index contributed by atoms with van der Waals surface area (Å²) in [6, 6.07) is 1.44. The Morgan fingerprint density at radius 3 is 2.94 bits per heavy atom. The van der Waals surface area contributed by atoms with E-state index in [0.717, 1.165) is 38.8 Å². The molecule has 1 fully saturated rings. The van der Waals surface area contributed by atoms with Crippen molar-refractivity contribution in [3.05, 3.63) is 0 Å². The summed E-state index contributed by atoms with van der Waals surface area (Å²) in [6.45, 7) is 5.86. The number of hydrogen-bond acceptors (Lipinski definition) is 3. The van der Waals surface area contributed by atoms with Crippen LogP contribution in [0.25, 0.3) is 0 Å². The van der Waals surface area contributed by atoms with Crippen LogP contribution in [0.1, 0.15) is 46.0 Å². The standard InChI is InChI=1S/C12H25N3O/c1-3-5-10(13)7-8-14-12-15-11(6-4-2)9-16-12/h10-11H,3-9,13H2,1-2H3,(H,14,15). The summed E-state index contributed by atoms with van der Waals surface area (Å²) in [4.78, 5) is 4.38. The van der Waals surface area contributed by atoms with E-state index in [1.807, 2.05) is 0 Å². The summed E-state index contributed by atoms with van der Waals surface area (Å²) < 4.78 is 5.46. The largest absolute Gasteiger partial charge is 0.463 e. The summed E-state index contributed by atoms with van der Waals surface area (Å²) in [5.41, 5.74) is 5.91. The first-order chi connectivity index (χ1) is 7.76. The third kappa shape index (κ3) is 4.84. The maximum absolute atomic E-state index is 5.91. The van der Waals surface area contributed by atoms with E-state index in [0.29, 0.717) is 12.1 Å². The Balaban J connectivity index is 2.16. The van der Waals surface area contributed by atoms with Crippen molar-refractivity contribution in [2.24, 2.45) is 10.7 Å². The van der Waals surface area contributed by atoms with E-state index in [-0.39, 0.29) is 6.04 Å². The van der Waals surface area contributed by atoms with E-state index in [1.165, 1.54) is 6.42 Å². The lowest BCUT2D eigenvalue weighted by Gasteiger charge is -2.07. The lowest BCUT2D eigenvalue weighted by molar-refractivity contribution is 0.318. The third-order valence-electron chi connectivity index (χ3n) is 2.80. The molecule has 0 saturated carbocycles. The van der Waals surface area contributed by atoms with E-state index >= 15 is 0 Å². The van der Waals surface area contributed by atoms with E-state index in [1.54, 1.807) is 0 Å².